The van der Waals surface area contributed by atoms with Gasteiger partial charge in [0.15, 0.2) is 0 Å². The zero-order valence-electron chi connectivity index (χ0n) is 10.2. The Hall–Kier alpha value is -0.0800. The molecule has 0 heterocycles. The van der Waals surface area contributed by atoms with Gasteiger partial charge in [0.05, 0.1) is 0 Å². The van der Waals surface area contributed by atoms with Crippen molar-refractivity contribution in [1.82, 2.24) is 10.2 Å². The first kappa shape index (κ1) is 12.0. The predicted molar refractivity (Wildman–Crippen MR) is 62.6 cm³/mol. The lowest BCUT2D eigenvalue weighted by atomic mass is 10.2. The average Bonchev–Trinajstić information content (AvgIpc) is 2.94. The Morgan fingerprint density at radius 2 is 1.93 bits per heavy atom. The number of nitrogens with zero attached hydrogens (tertiary/aromatic N) is 1. The summed E-state index contributed by atoms with van der Waals surface area (Å²) in [6, 6.07) is 1.42. The molecule has 0 aliphatic heterocycles. The van der Waals surface area contributed by atoms with Crippen molar-refractivity contribution in [3.8, 4) is 0 Å². The lowest BCUT2D eigenvalue weighted by molar-refractivity contribution is 0.230. The molecule has 2 heteroatoms. The van der Waals surface area contributed by atoms with E-state index in [1.165, 1.54) is 19.4 Å². The summed E-state index contributed by atoms with van der Waals surface area (Å²) in [6.45, 7) is 12.6. The molecule has 1 N–H and O–H groups in total. The molecule has 0 saturated heterocycles. The lowest BCUT2D eigenvalue weighted by Crippen LogP contribution is -2.39. The third-order valence-electron chi connectivity index (χ3n) is 3.33. The van der Waals surface area contributed by atoms with Crippen LogP contribution in [0.15, 0.2) is 0 Å². The molecule has 14 heavy (non-hydrogen) atoms. The summed E-state index contributed by atoms with van der Waals surface area (Å²) in [7, 11) is 0. The molecule has 0 radical (unpaired) electrons. The van der Waals surface area contributed by atoms with E-state index in [0.717, 1.165) is 25.0 Å². The SMILES string of the molecule is CCN(CCNC(C)C1CC1)C(C)C. The lowest BCUT2D eigenvalue weighted by Gasteiger charge is -2.25. The molecular weight excluding hydrogens is 172 g/mol. The van der Waals surface area contributed by atoms with Crippen molar-refractivity contribution >= 4 is 0 Å². The monoisotopic (exact) mass is 198 g/mol. The molecule has 1 rings (SSSR count). The van der Waals surface area contributed by atoms with Crippen LogP contribution in [-0.2, 0) is 0 Å². The summed E-state index contributed by atoms with van der Waals surface area (Å²) in [6.07, 6.45) is 2.88. The van der Waals surface area contributed by atoms with Gasteiger partial charge in [-0.05, 0) is 46.1 Å². The van der Waals surface area contributed by atoms with E-state index in [0.29, 0.717) is 6.04 Å². The molecule has 1 saturated carbocycles. The van der Waals surface area contributed by atoms with Crippen molar-refractivity contribution < 1.29 is 0 Å². The van der Waals surface area contributed by atoms with Crippen LogP contribution in [-0.4, -0.2) is 36.6 Å². The van der Waals surface area contributed by atoms with Gasteiger partial charge in [0.1, 0.15) is 0 Å². The van der Waals surface area contributed by atoms with E-state index >= 15 is 0 Å². The van der Waals surface area contributed by atoms with Gasteiger partial charge in [-0.25, -0.2) is 0 Å². The van der Waals surface area contributed by atoms with Crippen molar-refractivity contribution in [2.24, 2.45) is 5.92 Å². The summed E-state index contributed by atoms with van der Waals surface area (Å²) in [5.74, 6) is 0.976. The number of nitrogens with one attached hydrogen (secondary N) is 1. The Morgan fingerprint density at radius 1 is 1.29 bits per heavy atom. The fourth-order valence-electron chi connectivity index (χ4n) is 1.98. The van der Waals surface area contributed by atoms with Crippen LogP contribution in [0, 0.1) is 5.92 Å². The van der Waals surface area contributed by atoms with Gasteiger partial charge >= 0.3 is 0 Å². The number of hydrogen-bond donors (Lipinski definition) is 1. The summed E-state index contributed by atoms with van der Waals surface area (Å²) in [4.78, 5) is 2.51. The summed E-state index contributed by atoms with van der Waals surface area (Å²) < 4.78 is 0. The van der Waals surface area contributed by atoms with Crippen molar-refractivity contribution in [2.75, 3.05) is 19.6 Å². The predicted octanol–water partition coefficient (Wildman–Crippen LogP) is 2.10. The van der Waals surface area contributed by atoms with E-state index < -0.39 is 0 Å². The zero-order valence-corrected chi connectivity index (χ0v) is 10.2. The first-order valence-electron chi connectivity index (χ1n) is 6.12. The topological polar surface area (TPSA) is 15.3 Å². The van der Waals surface area contributed by atoms with Gasteiger partial charge in [0.25, 0.3) is 0 Å². The standard InChI is InChI=1S/C12H26N2/c1-5-14(10(2)3)9-8-13-11(4)12-6-7-12/h10-13H,5-9H2,1-4H3. The van der Waals surface area contributed by atoms with Crippen molar-refractivity contribution in [3.63, 3.8) is 0 Å². The molecule has 0 aromatic rings. The van der Waals surface area contributed by atoms with Crippen LogP contribution in [0.25, 0.3) is 0 Å². The third-order valence-corrected chi connectivity index (χ3v) is 3.33. The zero-order chi connectivity index (χ0) is 10.6. The molecular formula is C12H26N2. The first-order chi connectivity index (χ1) is 6.65. The highest BCUT2D eigenvalue weighted by Crippen LogP contribution is 2.32. The second-order valence-electron chi connectivity index (χ2n) is 4.80. The van der Waals surface area contributed by atoms with E-state index in [-0.39, 0.29) is 0 Å². The first-order valence-corrected chi connectivity index (χ1v) is 6.12. The summed E-state index contributed by atoms with van der Waals surface area (Å²) >= 11 is 0. The van der Waals surface area contributed by atoms with Gasteiger partial charge in [-0.1, -0.05) is 6.92 Å². The third kappa shape index (κ3) is 3.97. The van der Waals surface area contributed by atoms with Crippen molar-refractivity contribution in [1.29, 1.82) is 0 Å². The minimum Gasteiger partial charge on any atom is -0.313 e. The van der Waals surface area contributed by atoms with Crippen LogP contribution in [0.3, 0.4) is 0 Å². The highest BCUT2D eigenvalue weighted by atomic mass is 15.2. The van der Waals surface area contributed by atoms with Gasteiger partial charge in [-0.2, -0.15) is 0 Å². The number of likely N-dealkylation sites (N-methyl/N-ethyl adjacent to an activating group) is 1. The molecule has 0 spiro atoms. The molecule has 0 bridgehead atoms. The minimum absolute atomic E-state index is 0.679. The van der Waals surface area contributed by atoms with Crippen molar-refractivity contribution in [3.05, 3.63) is 0 Å². The van der Waals surface area contributed by atoms with E-state index in [1.807, 2.05) is 0 Å². The van der Waals surface area contributed by atoms with Gasteiger partial charge in [-0.3, -0.25) is 4.90 Å². The van der Waals surface area contributed by atoms with Crippen LogP contribution < -0.4 is 5.32 Å². The molecule has 1 unspecified atom stereocenters. The smallest absolute Gasteiger partial charge is 0.0110 e. The fourth-order valence-corrected chi connectivity index (χ4v) is 1.98. The molecule has 1 aliphatic rings. The van der Waals surface area contributed by atoms with Crippen LogP contribution in [0.2, 0.25) is 0 Å². The minimum atomic E-state index is 0.679. The number of hydrogen-bond acceptors (Lipinski definition) is 2. The Labute approximate surface area is 89.1 Å². The quantitative estimate of drug-likeness (QED) is 0.674. The Kier molecular flexibility index (Phi) is 4.90. The maximum absolute atomic E-state index is 3.62. The second kappa shape index (κ2) is 5.72. The van der Waals surface area contributed by atoms with E-state index in [1.54, 1.807) is 0 Å². The largest absolute Gasteiger partial charge is 0.313 e. The maximum Gasteiger partial charge on any atom is 0.0110 e. The summed E-state index contributed by atoms with van der Waals surface area (Å²) in [5.41, 5.74) is 0. The summed E-state index contributed by atoms with van der Waals surface area (Å²) in [5, 5.41) is 3.62. The molecule has 1 aliphatic carbocycles. The van der Waals surface area contributed by atoms with Crippen LogP contribution >= 0.6 is 0 Å². The molecule has 84 valence electrons. The average molecular weight is 198 g/mol. The molecule has 2 nitrogen and oxygen atoms in total. The van der Waals surface area contributed by atoms with E-state index in [4.69, 9.17) is 0 Å². The molecule has 1 atom stereocenters. The second-order valence-corrected chi connectivity index (χ2v) is 4.80. The number of rotatable bonds is 7. The van der Waals surface area contributed by atoms with E-state index in [2.05, 4.69) is 37.9 Å². The van der Waals surface area contributed by atoms with Crippen LogP contribution in [0.4, 0.5) is 0 Å². The maximum atomic E-state index is 3.62. The highest BCUT2D eigenvalue weighted by Gasteiger charge is 2.27. The van der Waals surface area contributed by atoms with Crippen molar-refractivity contribution in [2.45, 2.75) is 52.6 Å². The van der Waals surface area contributed by atoms with Gasteiger partial charge in [-0.15, -0.1) is 0 Å². The van der Waals surface area contributed by atoms with Gasteiger partial charge in [0, 0.05) is 25.2 Å². The fraction of sp³-hybridized carbons (Fsp3) is 1.00. The highest BCUT2D eigenvalue weighted by molar-refractivity contribution is 4.83. The molecule has 0 aromatic heterocycles. The Morgan fingerprint density at radius 3 is 2.36 bits per heavy atom. The van der Waals surface area contributed by atoms with Crippen LogP contribution in [0.5, 0.6) is 0 Å². The molecule has 0 aromatic carbocycles. The molecule has 0 amide bonds. The van der Waals surface area contributed by atoms with E-state index in [9.17, 15) is 0 Å². The van der Waals surface area contributed by atoms with Crippen LogP contribution in [0.1, 0.15) is 40.5 Å². The molecule has 1 fully saturated rings. The normalized spacial score (nSPS) is 19.3. The Balaban J connectivity index is 2.06. The van der Waals surface area contributed by atoms with Gasteiger partial charge < -0.3 is 5.32 Å². The van der Waals surface area contributed by atoms with Gasteiger partial charge in [0.2, 0.25) is 0 Å². The Bertz CT molecular complexity index is 152.